The van der Waals surface area contributed by atoms with E-state index in [0.717, 1.165) is 23.1 Å². The molecule has 1 heterocycles. The number of hydrogen-bond donors (Lipinski definition) is 0. The molecule has 0 fully saturated rings. The lowest BCUT2D eigenvalue weighted by Gasteiger charge is -2.19. The molecule has 0 aromatic heterocycles. The van der Waals surface area contributed by atoms with Gasteiger partial charge in [0.1, 0.15) is 6.10 Å². The highest BCUT2D eigenvalue weighted by Crippen LogP contribution is 2.25. The maximum absolute atomic E-state index is 6.30. The minimum Gasteiger partial charge on any atom is -0.341 e. The molecule has 4 heteroatoms. The lowest BCUT2D eigenvalue weighted by Crippen LogP contribution is -2.23. The van der Waals surface area contributed by atoms with E-state index in [1.54, 1.807) is 6.08 Å². The Morgan fingerprint density at radius 2 is 2.42 bits per heavy atom. The van der Waals surface area contributed by atoms with E-state index in [2.05, 4.69) is 27.9 Å². The van der Waals surface area contributed by atoms with Crippen LogP contribution in [-0.2, 0) is 9.78 Å². The van der Waals surface area contributed by atoms with Gasteiger partial charge in [0.25, 0.3) is 0 Å². The standard InChI is InChI=1S/C15H18BrClO2/c1-3-5-6-11-15-13(17)9-7-8-10-14(18-19-15)12(16)4-2/h1,5-8,13,15H,4,9-11H2,2H3/b6-5-,8-7-,14-12+/t13-,15-/m1/s1. The van der Waals surface area contributed by atoms with Crippen LogP contribution in [0.4, 0.5) is 0 Å². The van der Waals surface area contributed by atoms with Crippen molar-refractivity contribution < 1.29 is 9.78 Å². The Labute approximate surface area is 128 Å². The molecular formula is C15H18BrClO2. The third-order valence-electron chi connectivity index (χ3n) is 2.70. The largest absolute Gasteiger partial charge is 0.341 e. The van der Waals surface area contributed by atoms with Gasteiger partial charge < -0.3 is 4.89 Å². The molecule has 0 aliphatic carbocycles. The highest BCUT2D eigenvalue weighted by molar-refractivity contribution is 9.11. The highest BCUT2D eigenvalue weighted by Gasteiger charge is 2.21. The van der Waals surface area contributed by atoms with Crippen molar-refractivity contribution in [1.29, 1.82) is 0 Å². The Morgan fingerprint density at radius 1 is 1.63 bits per heavy atom. The van der Waals surface area contributed by atoms with Crippen LogP contribution >= 0.6 is 27.5 Å². The summed E-state index contributed by atoms with van der Waals surface area (Å²) in [6, 6.07) is 0. The van der Waals surface area contributed by atoms with Gasteiger partial charge in [0.2, 0.25) is 0 Å². The van der Waals surface area contributed by atoms with Crippen LogP contribution in [0, 0.1) is 12.3 Å². The van der Waals surface area contributed by atoms with Gasteiger partial charge in [0.15, 0.2) is 5.76 Å². The second kappa shape index (κ2) is 9.25. The first-order valence-corrected chi connectivity index (χ1v) is 7.53. The molecule has 1 rings (SSSR count). The average Bonchev–Trinajstić information content (AvgIpc) is 2.50. The smallest absolute Gasteiger partial charge is 0.156 e. The number of alkyl halides is 1. The predicted octanol–water partition coefficient (Wildman–Crippen LogP) is 4.86. The van der Waals surface area contributed by atoms with Crippen LogP contribution in [0.5, 0.6) is 0 Å². The zero-order valence-electron chi connectivity index (χ0n) is 10.9. The maximum Gasteiger partial charge on any atom is 0.156 e. The molecule has 0 radical (unpaired) electrons. The fourth-order valence-corrected chi connectivity index (χ4v) is 2.07. The summed E-state index contributed by atoms with van der Waals surface area (Å²) in [5, 5.41) is -0.140. The summed E-state index contributed by atoms with van der Waals surface area (Å²) in [5.41, 5.74) is 0. The van der Waals surface area contributed by atoms with Crippen LogP contribution < -0.4 is 0 Å². The molecular weight excluding hydrogens is 328 g/mol. The molecule has 104 valence electrons. The summed E-state index contributed by atoms with van der Waals surface area (Å²) in [5.74, 6) is 3.24. The molecule has 19 heavy (non-hydrogen) atoms. The van der Waals surface area contributed by atoms with Gasteiger partial charge in [0.05, 0.1) is 5.38 Å². The van der Waals surface area contributed by atoms with Crippen LogP contribution in [0.1, 0.15) is 32.6 Å². The number of halogens is 2. The van der Waals surface area contributed by atoms with Gasteiger partial charge >= 0.3 is 0 Å². The molecule has 0 saturated heterocycles. The third-order valence-corrected chi connectivity index (χ3v) is 4.16. The van der Waals surface area contributed by atoms with Crippen molar-refractivity contribution in [3.8, 4) is 12.3 Å². The van der Waals surface area contributed by atoms with Crippen LogP contribution in [0.25, 0.3) is 0 Å². The van der Waals surface area contributed by atoms with Gasteiger partial charge in [-0.15, -0.1) is 18.0 Å². The van der Waals surface area contributed by atoms with Gasteiger partial charge in [0, 0.05) is 10.9 Å². The minimum atomic E-state index is -0.221. The predicted molar refractivity (Wildman–Crippen MR) is 82.8 cm³/mol. The lowest BCUT2D eigenvalue weighted by molar-refractivity contribution is -0.295. The zero-order chi connectivity index (χ0) is 14.1. The van der Waals surface area contributed by atoms with Crippen LogP contribution in [0.15, 0.2) is 34.5 Å². The molecule has 1 aliphatic rings. The first-order valence-electron chi connectivity index (χ1n) is 6.30. The van der Waals surface area contributed by atoms with E-state index in [0.29, 0.717) is 12.8 Å². The average molecular weight is 346 g/mol. The molecule has 0 aromatic rings. The number of hydrogen-bond acceptors (Lipinski definition) is 2. The Bertz CT molecular complexity index is 407. The summed E-state index contributed by atoms with van der Waals surface area (Å²) in [7, 11) is 0. The quantitative estimate of drug-likeness (QED) is 0.315. The second-order valence-electron chi connectivity index (χ2n) is 4.13. The summed E-state index contributed by atoms with van der Waals surface area (Å²) >= 11 is 9.79. The van der Waals surface area contributed by atoms with Crippen molar-refractivity contribution in [2.75, 3.05) is 0 Å². The number of rotatable bonds is 3. The van der Waals surface area contributed by atoms with Crippen LogP contribution in [0.3, 0.4) is 0 Å². The fraction of sp³-hybridized carbons (Fsp3) is 0.467. The third kappa shape index (κ3) is 5.86. The van der Waals surface area contributed by atoms with E-state index < -0.39 is 0 Å². The SMILES string of the molecule is C#C/C=C\C[C@H]1OO/C(=C(/Br)CC)C/C=C\C[C@H]1Cl. The molecule has 0 spiro atoms. The molecule has 2 atom stereocenters. The molecule has 0 unspecified atom stereocenters. The van der Waals surface area contributed by atoms with Gasteiger partial charge in [-0.1, -0.05) is 47.0 Å². The summed E-state index contributed by atoms with van der Waals surface area (Å²) in [6.07, 6.45) is 15.5. The van der Waals surface area contributed by atoms with Crippen molar-refractivity contribution in [2.45, 2.75) is 44.1 Å². The van der Waals surface area contributed by atoms with Crippen molar-refractivity contribution in [2.24, 2.45) is 0 Å². The van der Waals surface area contributed by atoms with Gasteiger partial charge in [-0.05, 0) is 25.3 Å². The molecule has 0 saturated carbocycles. The molecule has 0 aromatic carbocycles. The van der Waals surface area contributed by atoms with E-state index in [1.165, 1.54) is 0 Å². The second-order valence-corrected chi connectivity index (χ2v) is 5.65. The maximum atomic E-state index is 6.30. The van der Waals surface area contributed by atoms with Gasteiger partial charge in [-0.3, -0.25) is 0 Å². The monoisotopic (exact) mass is 344 g/mol. The van der Waals surface area contributed by atoms with Gasteiger partial charge in [-0.2, -0.15) is 4.89 Å². The molecule has 0 N–H and O–H groups in total. The van der Waals surface area contributed by atoms with Crippen molar-refractivity contribution in [3.63, 3.8) is 0 Å². The Kier molecular flexibility index (Phi) is 7.97. The number of terminal acetylenes is 1. The highest BCUT2D eigenvalue weighted by atomic mass is 79.9. The first kappa shape index (κ1) is 16.4. The fourth-order valence-electron chi connectivity index (χ4n) is 1.59. The Balaban J connectivity index is 2.75. The minimum absolute atomic E-state index is 0.140. The van der Waals surface area contributed by atoms with Crippen molar-refractivity contribution >= 4 is 27.5 Å². The van der Waals surface area contributed by atoms with E-state index >= 15 is 0 Å². The van der Waals surface area contributed by atoms with Crippen LogP contribution in [0.2, 0.25) is 0 Å². The molecule has 1 aliphatic heterocycles. The molecule has 0 amide bonds. The van der Waals surface area contributed by atoms with Gasteiger partial charge in [-0.25, -0.2) is 0 Å². The van der Waals surface area contributed by atoms with E-state index in [1.807, 2.05) is 19.1 Å². The summed E-state index contributed by atoms with van der Waals surface area (Å²) in [4.78, 5) is 10.9. The summed E-state index contributed by atoms with van der Waals surface area (Å²) < 4.78 is 1.00. The zero-order valence-corrected chi connectivity index (χ0v) is 13.3. The molecule has 0 bridgehead atoms. The Hall–Kier alpha value is -0.690. The van der Waals surface area contributed by atoms with E-state index in [4.69, 9.17) is 27.8 Å². The van der Waals surface area contributed by atoms with E-state index in [9.17, 15) is 0 Å². The lowest BCUT2D eigenvalue weighted by atomic mass is 10.1. The number of allylic oxidation sites excluding steroid dienone is 4. The van der Waals surface area contributed by atoms with Crippen molar-refractivity contribution in [1.82, 2.24) is 0 Å². The van der Waals surface area contributed by atoms with Crippen LogP contribution in [-0.4, -0.2) is 11.5 Å². The summed E-state index contributed by atoms with van der Waals surface area (Å²) in [6.45, 7) is 2.05. The Morgan fingerprint density at radius 3 is 3.11 bits per heavy atom. The molecule has 2 nitrogen and oxygen atoms in total. The topological polar surface area (TPSA) is 18.5 Å². The first-order chi connectivity index (χ1) is 9.19. The van der Waals surface area contributed by atoms with E-state index in [-0.39, 0.29) is 11.5 Å². The normalized spacial score (nSPS) is 28.7. The van der Waals surface area contributed by atoms with Crippen molar-refractivity contribution in [3.05, 3.63) is 34.5 Å².